The quantitative estimate of drug-likeness (QED) is 0.610. The number of hydrogen-bond acceptors (Lipinski definition) is 4. The first-order valence-electron chi connectivity index (χ1n) is 6.29. The molecule has 0 aliphatic carbocycles. The Morgan fingerprint density at radius 1 is 1.24 bits per heavy atom. The number of pyridine rings is 1. The van der Waals surface area contributed by atoms with Gasteiger partial charge in [-0.25, -0.2) is 14.3 Å². The van der Waals surface area contributed by atoms with Gasteiger partial charge in [0.15, 0.2) is 5.58 Å². The summed E-state index contributed by atoms with van der Waals surface area (Å²) in [5.41, 5.74) is 2.88. The van der Waals surface area contributed by atoms with Crippen LogP contribution in [0.4, 0.5) is 0 Å². The Hall–Kier alpha value is -3.15. The average Bonchev–Trinajstić information content (AvgIpc) is 3.09. The summed E-state index contributed by atoms with van der Waals surface area (Å²) >= 11 is 0. The SMILES string of the molecule is O=C(O)c1ccc2nc(-c3cnn4ccccc34)oc2c1. The fourth-order valence-corrected chi connectivity index (χ4v) is 2.27. The van der Waals surface area contributed by atoms with Crippen LogP contribution in [0.3, 0.4) is 0 Å². The second kappa shape index (κ2) is 4.17. The molecule has 6 nitrogen and oxygen atoms in total. The molecule has 0 bridgehead atoms. The minimum absolute atomic E-state index is 0.171. The molecule has 0 aliphatic rings. The van der Waals surface area contributed by atoms with Crippen molar-refractivity contribution in [2.75, 3.05) is 0 Å². The largest absolute Gasteiger partial charge is 0.478 e. The molecule has 102 valence electrons. The fourth-order valence-electron chi connectivity index (χ4n) is 2.27. The number of aromatic carboxylic acids is 1. The zero-order valence-corrected chi connectivity index (χ0v) is 10.7. The second-order valence-electron chi connectivity index (χ2n) is 4.60. The smallest absolute Gasteiger partial charge is 0.335 e. The predicted octanol–water partition coefficient (Wildman–Crippen LogP) is 2.84. The van der Waals surface area contributed by atoms with Crippen molar-refractivity contribution >= 4 is 22.6 Å². The lowest BCUT2D eigenvalue weighted by Gasteiger charge is -1.93. The molecule has 3 aromatic heterocycles. The monoisotopic (exact) mass is 279 g/mol. The van der Waals surface area contributed by atoms with Gasteiger partial charge in [0.25, 0.3) is 0 Å². The molecule has 1 N–H and O–H groups in total. The Labute approximate surface area is 118 Å². The molecule has 3 heterocycles. The van der Waals surface area contributed by atoms with E-state index in [0.29, 0.717) is 17.0 Å². The summed E-state index contributed by atoms with van der Waals surface area (Å²) in [7, 11) is 0. The maximum atomic E-state index is 11.0. The van der Waals surface area contributed by atoms with Gasteiger partial charge in [-0.2, -0.15) is 5.10 Å². The van der Waals surface area contributed by atoms with Crippen molar-refractivity contribution in [2.45, 2.75) is 0 Å². The third-order valence-corrected chi connectivity index (χ3v) is 3.29. The summed E-state index contributed by atoms with van der Waals surface area (Å²) in [5.74, 6) is -0.570. The van der Waals surface area contributed by atoms with Crippen molar-refractivity contribution in [3.05, 3.63) is 54.4 Å². The van der Waals surface area contributed by atoms with E-state index in [9.17, 15) is 4.79 Å². The first-order chi connectivity index (χ1) is 10.2. The van der Waals surface area contributed by atoms with Gasteiger partial charge in [0.2, 0.25) is 5.89 Å². The van der Waals surface area contributed by atoms with E-state index in [2.05, 4.69) is 10.1 Å². The van der Waals surface area contributed by atoms with Crippen LogP contribution in [0.25, 0.3) is 28.1 Å². The van der Waals surface area contributed by atoms with Crippen LogP contribution in [0.5, 0.6) is 0 Å². The third-order valence-electron chi connectivity index (χ3n) is 3.29. The molecule has 4 rings (SSSR count). The molecule has 0 aliphatic heterocycles. The van der Waals surface area contributed by atoms with Crippen molar-refractivity contribution in [2.24, 2.45) is 0 Å². The Morgan fingerprint density at radius 2 is 2.14 bits per heavy atom. The minimum Gasteiger partial charge on any atom is -0.478 e. The highest BCUT2D eigenvalue weighted by Gasteiger charge is 2.14. The lowest BCUT2D eigenvalue weighted by atomic mass is 10.2. The summed E-state index contributed by atoms with van der Waals surface area (Å²) in [6.07, 6.45) is 3.52. The summed E-state index contributed by atoms with van der Waals surface area (Å²) in [5, 5.41) is 13.2. The number of carboxylic acids is 1. The predicted molar refractivity (Wildman–Crippen MR) is 75.2 cm³/mol. The number of rotatable bonds is 2. The van der Waals surface area contributed by atoms with E-state index in [-0.39, 0.29) is 5.56 Å². The van der Waals surface area contributed by atoms with Crippen LogP contribution in [-0.4, -0.2) is 25.7 Å². The molecule has 0 saturated carbocycles. The molecule has 0 spiro atoms. The van der Waals surface area contributed by atoms with E-state index in [1.807, 2.05) is 24.4 Å². The van der Waals surface area contributed by atoms with Gasteiger partial charge in [0, 0.05) is 6.20 Å². The summed E-state index contributed by atoms with van der Waals surface area (Å²) in [6.45, 7) is 0. The number of oxazole rings is 1. The molecule has 0 radical (unpaired) electrons. The van der Waals surface area contributed by atoms with E-state index < -0.39 is 5.97 Å². The molecule has 0 atom stereocenters. The first kappa shape index (κ1) is 11.7. The second-order valence-corrected chi connectivity index (χ2v) is 4.60. The molecule has 0 fully saturated rings. The van der Waals surface area contributed by atoms with Crippen LogP contribution in [0.2, 0.25) is 0 Å². The van der Waals surface area contributed by atoms with Gasteiger partial charge in [-0.3, -0.25) is 0 Å². The van der Waals surface area contributed by atoms with Gasteiger partial charge in [-0.05, 0) is 30.3 Å². The highest BCUT2D eigenvalue weighted by molar-refractivity contribution is 5.92. The molecule has 0 saturated heterocycles. The summed E-state index contributed by atoms with van der Waals surface area (Å²) in [6, 6.07) is 10.3. The van der Waals surface area contributed by atoms with Crippen molar-refractivity contribution in [3.8, 4) is 11.5 Å². The molecule has 6 heteroatoms. The van der Waals surface area contributed by atoms with Gasteiger partial charge in [-0.1, -0.05) is 6.07 Å². The van der Waals surface area contributed by atoms with Crippen LogP contribution in [-0.2, 0) is 0 Å². The van der Waals surface area contributed by atoms with Gasteiger partial charge in [0.1, 0.15) is 5.52 Å². The number of benzene rings is 1. The van der Waals surface area contributed by atoms with Crippen LogP contribution < -0.4 is 0 Å². The third kappa shape index (κ3) is 1.77. The average molecular weight is 279 g/mol. The molecule has 21 heavy (non-hydrogen) atoms. The number of nitrogens with zero attached hydrogens (tertiary/aromatic N) is 3. The Kier molecular flexibility index (Phi) is 2.32. The summed E-state index contributed by atoms with van der Waals surface area (Å²) in [4.78, 5) is 15.4. The normalized spacial score (nSPS) is 11.2. The zero-order valence-electron chi connectivity index (χ0n) is 10.7. The topological polar surface area (TPSA) is 80.6 Å². The van der Waals surface area contributed by atoms with Crippen molar-refractivity contribution in [3.63, 3.8) is 0 Å². The van der Waals surface area contributed by atoms with Crippen LogP contribution in [0.1, 0.15) is 10.4 Å². The van der Waals surface area contributed by atoms with E-state index in [1.54, 1.807) is 16.8 Å². The van der Waals surface area contributed by atoms with Crippen molar-refractivity contribution < 1.29 is 14.3 Å². The Morgan fingerprint density at radius 3 is 3.00 bits per heavy atom. The maximum Gasteiger partial charge on any atom is 0.335 e. The number of carbonyl (C=O) groups is 1. The van der Waals surface area contributed by atoms with E-state index in [1.165, 1.54) is 12.1 Å². The lowest BCUT2D eigenvalue weighted by Crippen LogP contribution is -1.94. The van der Waals surface area contributed by atoms with Crippen molar-refractivity contribution in [1.82, 2.24) is 14.6 Å². The van der Waals surface area contributed by atoms with Gasteiger partial charge in [-0.15, -0.1) is 0 Å². The first-order valence-corrected chi connectivity index (χ1v) is 6.29. The minimum atomic E-state index is -0.995. The molecule has 0 amide bonds. The number of fused-ring (bicyclic) bond motifs is 2. The van der Waals surface area contributed by atoms with Crippen molar-refractivity contribution in [1.29, 1.82) is 0 Å². The van der Waals surface area contributed by atoms with Gasteiger partial charge >= 0.3 is 5.97 Å². The maximum absolute atomic E-state index is 11.0. The van der Waals surface area contributed by atoms with Crippen LogP contribution in [0, 0.1) is 0 Å². The molecule has 0 unspecified atom stereocenters. The Balaban J connectivity index is 1.92. The van der Waals surface area contributed by atoms with Gasteiger partial charge in [0.05, 0.1) is 22.8 Å². The Bertz CT molecular complexity index is 984. The number of aromatic nitrogens is 3. The standard InChI is InChI=1S/C15H9N3O3/c19-15(20)9-4-5-11-13(7-9)21-14(17-11)10-8-16-18-6-2-1-3-12(10)18/h1-8H,(H,19,20). The lowest BCUT2D eigenvalue weighted by molar-refractivity contribution is 0.0697. The fraction of sp³-hybridized carbons (Fsp3) is 0. The highest BCUT2D eigenvalue weighted by atomic mass is 16.4. The number of hydrogen-bond donors (Lipinski definition) is 1. The van der Waals surface area contributed by atoms with Crippen LogP contribution >= 0.6 is 0 Å². The zero-order chi connectivity index (χ0) is 14.4. The van der Waals surface area contributed by atoms with Crippen LogP contribution in [0.15, 0.2) is 53.2 Å². The van der Waals surface area contributed by atoms with Gasteiger partial charge < -0.3 is 9.52 Å². The highest BCUT2D eigenvalue weighted by Crippen LogP contribution is 2.27. The molecule has 4 aromatic rings. The van der Waals surface area contributed by atoms with E-state index in [0.717, 1.165) is 11.1 Å². The van der Waals surface area contributed by atoms with E-state index in [4.69, 9.17) is 9.52 Å². The molecule has 1 aromatic carbocycles. The van der Waals surface area contributed by atoms with E-state index >= 15 is 0 Å². The summed E-state index contributed by atoms with van der Waals surface area (Å²) < 4.78 is 7.41. The molecular weight excluding hydrogens is 270 g/mol. The molecular formula is C15H9N3O3. The number of carboxylic acid groups (broad SMARTS) is 1.